The van der Waals surface area contributed by atoms with Crippen molar-refractivity contribution in [2.45, 2.75) is 32.3 Å². The van der Waals surface area contributed by atoms with E-state index in [0.717, 1.165) is 42.9 Å². The molecule has 1 saturated heterocycles. The van der Waals surface area contributed by atoms with Gasteiger partial charge in [-0.1, -0.05) is 48.0 Å². The van der Waals surface area contributed by atoms with Crippen LogP contribution in [0.2, 0.25) is 5.02 Å². The molecule has 1 aliphatic rings. The van der Waals surface area contributed by atoms with E-state index in [0.29, 0.717) is 23.2 Å². The molecule has 0 bridgehead atoms. The van der Waals surface area contributed by atoms with Crippen molar-refractivity contribution >= 4 is 17.5 Å². The number of aromatic nitrogens is 1. The largest absolute Gasteiger partial charge is 0.487 e. The quantitative estimate of drug-likeness (QED) is 0.536. The third-order valence-electron chi connectivity index (χ3n) is 5.59. The molecular weight excluding hydrogens is 396 g/mol. The highest BCUT2D eigenvalue weighted by Gasteiger charge is 2.25. The molecule has 3 aromatic rings. The zero-order valence-electron chi connectivity index (χ0n) is 17.1. The first-order valence-corrected chi connectivity index (χ1v) is 10.7. The third-order valence-corrected chi connectivity index (χ3v) is 5.83. The maximum Gasteiger partial charge on any atom is 0.272 e. The number of amides is 1. The van der Waals surface area contributed by atoms with E-state index in [1.807, 2.05) is 42.2 Å². The van der Waals surface area contributed by atoms with Crippen LogP contribution < -0.4 is 4.74 Å². The van der Waals surface area contributed by atoms with Crippen LogP contribution in [0.25, 0.3) is 0 Å². The van der Waals surface area contributed by atoms with E-state index in [9.17, 15) is 4.79 Å². The summed E-state index contributed by atoms with van der Waals surface area (Å²) in [4.78, 5) is 19.4. The van der Waals surface area contributed by atoms with Crippen LogP contribution in [0.5, 0.6) is 5.75 Å². The summed E-state index contributed by atoms with van der Waals surface area (Å²) in [6.45, 7) is 3.77. The monoisotopic (exact) mass is 420 g/mol. The number of nitrogens with zero attached hydrogens (tertiary/aromatic N) is 2. The van der Waals surface area contributed by atoms with Gasteiger partial charge in [-0.15, -0.1) is 0 Å². The molecular formula is C25H25ClN2O2. The van der Waals surface area contributed by atoms with Crippen molar-refractivity contribution in [1.82, 2.24) is 9.88 Å². The zero-order valence-corrected chi connectivity index (χ0v) is 17.8. The van der Waals surface area contributed by atoms with Crippen LogP contribution in [0.15, 0.2) is 66.7 Å². The fourth-order valence-corrected chi connectivity index (χ4v) is 4.14. The highest BCUT2D eigenvalue weighted by atomic mass is 35.5. The van der Waals surface area contributed by atoms with Crippen LogP contribution in [0.1, 0.15) is 46.1 Å². The maximum atomic E-state index is 13.0. The van der Waals surface area contributed by atoms with E-state index in [4.69, 9.17) is 16.3 Å². The van der Waals surface area contributed by atoms with Gasteiger partial charge in [0, 0.05) is 18.1 Å². The molecule has 1 aliphatic heterocycles. The van der Waals surface area contributed by atoms with Gasteiger partial charge in [-0.05, 0) is 67.1 Å². The Labute approximate surface area is 182 Å². The van der Waals surface area contributed by atoms with Gasteiger partial charge in [0.2, 0.25) is 0 Å². The number of likely N-dealkylation sites (tertiary alicyclic amines) is 1. The average Bonchev–Trinajstić information content (AvgIpc) is 2.79. The number of carbonyl (C=O) groups excluding carboxylic acids is 1. The Morgan fingerprint density at radius 3 is 2.57 bits per heavy atom. The van der Waals surface area contributed by atoms with Crippen molar-refractivity contribution in [2.24, 2.45) is 0 Å². The van der Waals surface area contributed by atoms with Gasteiger partial charge in [-0.3, -0.25) is 4.79 Å². The van der Waals surface area contributed by atoms with E-state index in [1.54, 1.807) is 12.1 Å². The molecule has 0 radical (unpaired) electrons. The lowest BCUT2D eigenvalue weighted by Crippen LogP contribution is -2.38. The fraction of sp³-hybridized carbons (Fsp3) is 0.280. The molecule has 0 atom stereocenters. The van der Waals surface area contributed by atoms with E-state index >= 15 is 0 Å². The van der Waals surface area contributed by atoms with E-state index in [-0.39, 0.29) is 5.91 Å². The molecule has 1 amide bonds. The Morgan fingerprint density at radius 2 is 1.83 bits per heavy atom. The first kappa shape index (κ1) is 20.4. The molecule has 5 heteroatoms. The van der Waals surface area contributed by atoms with Gasteiger partial charge >= 0.3 is 0 Å². The van der Waals surface area contributed by atoms with Crippen LogP contribution in [-0.4, -0.2) is 28.9 Å². The van der Waals surface area contributed by atoms with Crippen molar-refractivity contribution < 1.29 is 9.53 Å². The van der Waals surface area contributed by atoms with Crippen LogP contribution in [0.4, 0.5) is 0 Å². The minimum absolute atomic E-state index is 0.00830. The van der Waals surface area contributed by atoms with Crippen molar-refractivity contribution in [3.05, 3.63) is 94.3 Å². The summed E-state index contributed by atoms with van der Waals surface area (Å²) < 4.78 is 5.88. The summed E-state index contributed by atoms with van der Waals surface area (Å²) in [6.07, 6.45) is 1.96. The molecule has 154 valence electrons. The summed E-state index contributed by atoms with van der Waals surface area (Å²) >= 11 is 6.00. The second kappa shape index (κ2) is 9.31. The topological polar surface area (TPSA) is 42.4 Å². The number of pyridine rings is 1. The van der Waals surface area contributed by atoms with E-state index in [2.05, 4.69) is 29.2 Å². The first-order chi connectivity index (χ1) is 14.6. The normalized spacial score (nSPS) is 14.5. The van der Waals surface area contributed by atoms with Crippen molar-refractivity contribution in [1.29, 1.82) is 0 Å². The van der Waals surface area contributed by atoms with Crippen molar-refractivity contribution in [2.75, 3.05) is 13.1 Å². The van der Waals surface area contributed by atoms with Crippen LogP contribution in [-0.2, 0) is 6.61 Å². The van der Waals surface area contributed by atoms with Crippen LogP contribution in [0.3, 0.4) is 0 Å². The predicted octanol–water partition coefficient (Wildman–Crippen LogP) is 5.64. The summed E-state index contributed by atoms with van der Waals surface area (Å²) in [5.41, 5.74) is 3.53. The summed E-state index contributed by atoms with van der Waals surface area (Å²) in [5, 5.41) is 0.682. The Bertz CT molecular complexity index is 1010. The van der Waals surface area contributed by atoms with Crippen LogP contribution >= 0.6 is 11.6 Å². The smallest absolute Gasteiger partial charge is 0.272 e. The SMILES string of the molecule is Cc1cc(Cl)ccc1OCc1cccc(C(=O)N2CCC(c3ccccc3)CC2)n1. The highest BCUT2D eigenvalue weighted by Crippen LogP contribution is 2.28. The Hall–Kier alpha value is -2.85. The van der Waals surface area contributed by atoms with Gasteiger partial charge in [0.05, 0.1) is 5.69 Å². The van der Waals surface area contributed by atoms with Gasteiger partial charge in [-0.2, -0.15) is 0 Å². The second-order valence-corrected chi connectivity index (χ2v) is 8.13. The van der Waals surface area contributed by atoms with Crippen LogP contribution in [0, 0.1) is 6.92 Å². The maximum absolute atomic E-state index is 13.0. The lowest BCUT2D eigenvalue weighted by atomic mass is 9.89. The molecule has 2 heterocycles. The molecule has 0 saturated carbocycles. The number of piperidine rings is 1. The minimum Gasteiger partial charge on any atom is -0.487 e. The summed E-state index contributed by atoms with van der Waals surface area (Å²) in [7, 11) is 0. The molecule has 0 aliphatic carbocycles. The highest BCUT2D eigenvalue weighted by molar-refractivity contribution is 6.30. The number of halogens is 1. The molecule has 2 aromatic carbocycles. The number of rotatable bonds is 5. The molecule has 0 unspecified atom stereocenters. The van der Waals surface area contributed by atoms with Gasteiger partial charge in [0.25, 0.3) is 5.91 Å². The van der Waals surface area contributed by atoms with E-state index in [1.165, 1.54) is 5.56 Å². The van der Waals surface area contributed by atoms with Crippen molar-refractivity contribution in [3.8, 4) is 5.75 Å². The number of carbonyl (C=O) groups is 1. The van der Waals surface area contributed by atoms with Gasteiger partial charge in [0.15, 0.2) is 0 Å². The van der Waals surface area contributed by atoms with E-state index < -0.39 is 0 Å². The fourth-order valence-electron chi connectivity index (χ4n) is 3.91. The molecule has 0 spiro atoms. The van der Waals surface area contributed by atoms with Gasteiger partial charge < -0.3 is 9.64 Å². The van der Waals surface area contributed by atoms with Crippen molar-refractivity contribution in [3.63, 3.8) is 0 Å². The number of ether oxygens (including phenoxy) is 1. The lowest BCUT2D eigenvalue weighted by Gasteiger charge is -2.32. The summed E-state index contributed by atoms with van der Waals surface area (Å²) in [5.74, 6) is 1.28. The number of benzene rings is 2. The number of hydrogen-bond acceptors (Lipinski definition) is 3. The molecule has 0 N–H and O–H groups in total. The lowest BCUT2D eigenvalue weighted by molar-refractivity contribution is 0.0706. The van der Waals surface area contributed by atoms with Gasteiger partial charge in [0.1, 0.15) is 18.1 Å². The summed E-state index contributed by atoms with van der Waals surface area (Å²) in [6, 6.07) is 21.6. The molecule has 1 aromatic heterocycles. The first-order valence-electron chi connectivity index (χ1n) is 10.3. The second-order valence-electron chi connectivity index (χ2n) is 7.69. The Kier molecular flexibility index (Phi) is 6.34. The molecule has 1 fully saturated rings. The predicted molar refractivity (Wildman–Crippen MR) is 119 cm³/mol. The Morgan fingerprint density at radius 1 is 1.07 bits per heavy atom. The Balaban J connectivity index is 1.37. The molecule has 30 heavy (non-hydrogen) atoms. The molecule has 4 nitrogen and oxygen atoms in total. The zero-order chi connectivity index (χ0) is 20.9. The average molecular weight is 421 g/mol. The number of hydrogen-bond donors (Lipinski definition) is 0. The minimum atomic E-state index is -0.00830. The van der Waals surface area contributed by atoms with Gasteiger partial charge in [-0.25, -0.2) is 4.98 Å². The number of aryl methyl sites for hydroxylation is 1. The third kappa shape index (κ3) is 4.82. The standard InChI is InChI=1S/C25H25ClN2O2/c1-18-16-21(26)10-11-24(18)30-17-22-8-5-9-23(27-22)25(29)28-14-12-20(13-15-28)19-6-3-2-4-7-19/h2-11,16,20H,12-15,17H2,1H3. The molecule has 4 rings (SSSR count).